The summed E-state index contributed by atoms with van der Waals surface area (Å²) in [5, 5.41) is 2.95. The first-order valence-corrected chi connectivity index (χ1v) is 8.17. The van der Waals surface area contributed by atoms with Crippen molar-refractivity contribution in [1.29, 1.82) is 0 Å². The van der Waals surface area contributed by atoms with E-state index in [2.05, 4.69) is 31.0 Å². The first-order valence-electron chi connectivity index (χ1n) is 5.90. The van der Waals surface area contributed by atoms with Crippen LogP contribution in [0.2, 0.25) is 0 Å². The van der Waals surface area contributed by atoms with Crippen LogP contribution in [0.1, 0.15) is 5.56 Å². The maximum atomic E-state index is 12.4. The average molecular weight is 356 g/mol. The van der Waals surface area contributed by atoms with Gasteiger partial charge in [-0.15, -0.1) is 0 Å². The minimum atomic E-state index is -3.65. The zero-order valence-corrected chi connectivity index (χ0v) is 13.2. The molecule has 106 valence electrons. The van der Waals surface area contributed by atoms with Gasteiger partial charge in [0.15, 0.2) is 0 Å². The zero-order chi connectivity index (χ0) is 14.6. The summed E-state index contributed by atoms with van der Waals surface area (Å²) in [6, 6.07) is 10.2. The molecule has 2 N–H and O–H groups in total. The summed E-state index contributed by atoms with van der Waals surface area (Å²) in [5.41, 5.74) is 0.708. The lowest BCUT2D eigenvalue weighted by atomic mass is 10.2. The monoisotopic (exact) mass is 355 g/mol. The highest BCUT2D eigenvalue weighted by molar-refractivity contribution is 9.10. The maximum Gasteiger partial charge on any atom is 0.263 e. The van der Waals surface area contributed by atoms with E-state index in [1.165, 1.54) is 6.20 Å². The van der Waals surface area contributed by atoms with Gasteiger partial charge < -0.3 is 5.32 Å². The number of hydrogen-bond acceptors (Lipinski definition) is 4. The molecule has 0 saturated carbocycles. The van der Waals surface area contributed by atoms with Crippen molar-refractivity contribution in [2.75, 3.05) is 11.8 Å². The normalized spacial score (nSPS) is 11.3. The summed E-state index contributed by atoms with van der Waals surface area (Å²) in [6.07, 6.45) is 1.54. The van der Waals surface area contributed by atoms with Crippen molar-refractivity contribution in [1.82, 2.24) is 10.3 Å². The van der Waals surface area contributed by atoms with Gasteiger partial charge in [0.1, 0.15) is 5.82 Å². The minimum absolute atomic E-state index is 0.249. The van der Waals surface area contributed by atoms with Crippen LogP contribution in [0, 0.1) is 0 Å². The standard InChI is InChI=1S/C13H14BrN3O2S/c1-15-8-10-4-2-3-5-12(10)20(18,19)17-13-7-6-11(14)9-16-13/h2-7,9,15H,8H2,1H3,(H,16,17). The van der Waals surface area contributed by atoms with Crippen LogP contribution >= 0.6 is 15.9 Å². The predicted molar refractivity (Wildman–Crippen MR) is 82.0 cm³/mol. The van der Waals surface area contributed by atoms with Gasteiger partial charge in [-0.3, -0.25) is 4.72 Å². The van der Waals surface area contributed by atoms with Crippen molar-refractivity contribution in [2.24, 2.45) is 0 Å². The minimum Gasteiger partial charge on any atom is -0.316 e. The van der Waals surface area contributed by atoms with E-state index in [1.54, 1.807) is 37.4 Å². The highest BCUT2D eigenvalue weighted by Gasteiger charge is 2.18. The molecule has 1 aromatic heterocycles. The van der Waals surface area contributed by atoms with E-state index in [9.17, 15) is 8.42 Å². The molecule has 0 atom stereocenters. The Balaban J connectivity index is 2.33. The third-order valence-corrected chi connectivity index (χ3v) is 4.52. The van der Waals surface area contributed by atoms with Gasteiger partial charge in [-0.25, -0.2) is 13.4 Å². The molecule has 0 spiro atoms. The molecule has 0 unspecified atom stereocenters. The van der Waals surface area contributed by atoms with Gasteiger partial charge in [-0.05, 0) is 46.7 Å². The zero-order valence-electron chi connectivity index (χ0n) is 10.8. The van der Waals surface area contributed by atoms with Gasteiger partial charge in [-0.1, -0.05) is 18.2 Å². The van der Waals surface area contributed by atoms with E-state index in [0.29, 0.717) is 12.1 Å². The van der Waals surface area contributed by atoms with Gasteiger partial charge in [0.2, 0.25) is 0 Å². The molecule has 0 radical (unpaired) electrons. The van der Waals surface area contributed by atoms with Gasteiger partial charge in [0.05, 0.1) is 4.90 Å². The van der Waals surface area contributed by atoms with Crippen LogP contribution in [-0.4, -0.2) is 20.4 Å². The number of hydrogen-bond donors (Lipinski definition) is 2. The summed E-state index contributed by atoms with van der Waals surface area (Å²) >= 11 is 3.25. The van der Waals surface area contributed by atoms with Gasteiger partial charge in [-0.2, -0.15) is 0 Å². The number of aromatic nitrogens is 1. The van der Waals surface area contributed by atoms with E-state index < -0.39 is 10.0 Å². The second-order valence-corrected chi connectivity index (χ2v) is 6.67. The smallest absolute Gasteiger partial charge is 0.263 e. The summed E-state index contributed by atoms with van der Waals surface area (Å²) in [5.74, 6) is 0.285. The Morgan fingerprint density at radius 3 is 2.60 bits per heavy atom. The number of nitrogens with one attached hydrogen (secondary N) is 2. The number of rotatable bonds is 5. The van der Waals surface area contributed by atoms with Gasteiger partial charge in [0.25, 0.3) is 10.0 Å². The Bertz CT molecular complexity index is 687. The van der Waals surface area contributed by atoms with Crippen LogP contribution in [0.5, 0.6) is 0 Å². The van der Waals surface area contributed by atoms with E-state index in [-0.39, 0.29) is 10.7 Å². The molecular formula is C13H14BrN3O2S. The molecule has 0 aliphatic heterocycles. The number of anilines is 1. The van der Waals surface area contributed by atoms with E-state index in [1.807, 2.05) is 6.07 Å². The van der Waals surface area contributed by atoms with Crippen LogP contribution < -0.4 is 10.0 Å². The Kier molecular flexibility index (Phi) is 4.74. The molecule has 1 heterocycles. The molecule has 1 aromatic carbocycles. The average Bonchev–Trinajstić information content (AvgIpc) is 2.42. The maximum absolute atomic E-state index is 12.4. The Morgan fingerprint density at radius 1 is 1.20 bits per heavy atom. The quantitative estimate of drug-likeness (QED) is 0.863. The molecule has 7 heteroatoms. The van der Waals surface area contributed by atoms with Gasteiger partial charge in [0, 0.05) is 17.2 Å². The summed E-state index contributed by atoms with van der Waals surface area (Å²) < 4.78 is 28.0. The fourth-order valence-electron chi connectivity index (χ4n) is 1.73. The summed E-state index contributed by atoms with van der Waals surface area (Å²) in [4.78, 5) is 4.26. The largest absolute Gasteiger partial charge is 0.316 e. The predicted octanol–water partition coefficient (Wildman–Crippen LogP) is 2.36. The van der Waals surface area contributed by atoms with E-state index >= 15 is 0 Å². The molecule has 0 amide bonds. The fourth-order valence-corrected chi connectivity index (χ4v) is 3.21. The third kappa shape index (κ3) is 3.56. The molecular weight excluding hydrogens is 342 g/mol. The number of benzene rings is 1. The Morgan fingerprint density at radius 2 is 1.95 bits per heavy atom. The van der Waals surface area contributed by atoms with Crippen LogP contribution in [0.25, 0.3) is 0 Å². The highest BCUT2D eigenvalue weighted by atomic mass is 79.9. The first kappa shape index (κ1) is 15.0. The van der Waals surface area contributed by atoms with Crippen LogP contribution in [-0.2, 0) is 16.6 Å². The lowest BCUT2D eigenvalue weighted by Gasteiger charge is -2.11. The summed E-state index contributed by atoms with van der Waals surface area (Å²) in [7, 11) is -1.88. The van der Waals surface area contributed by atoms with Crippen molar-refractivity contribution in [3.8, 4) is 0 Å². The van der Waals surface area contributed by atoms with Crippen molar-refractivity contribution >= 4 is 31.8 Å². The van der Waals surface area contributed by atoms with Crippen LogP contribution in [0.15, 0.2) is 52.0 Å². The fraction of sp³-hybridized carbons (Fsp3) is 0.154. The molecule has 0 fully saturated rings. The van der Waals surface area contributed by atoms with E-state index in [0.717, 1.165) is 4.47 Å². The topological polar surface area (TPSA) is 71.1 Å². The molecule has 0 saturated heterocycles. The molecule has 0 aliphatic carbocycles. The SMILES string of the molecule is CNCc1ccccc1S(=O)(=O)Nc1ccc(Br)cn1. The molecule has 5 nitrogen and oxygen atoms in total. The van der Waals surface area contributed by atoms with Crippen molar-refractivity contribution in [2.45, 2.75) is 11.4 Å². The number of nitrogens with zero attached hydrogens (tertiary/aromatic N) is 1. The molecule has 0 aliphatic rings. The lowest BCUT2D eigenvalue weighted by Crippen LogP contribution is -2.17. The molecule has 0 bridgehead atoms. The molecule has 2 aromatic rings. The Labute approximate surface area is 126 Å². The second-order valence-electron chi connectivity index (χ2n) is 4.11. The van der Waals surface area contributed by atoms with Crippen molar-refractivity contribution < 1.29 is 8.42 Å². The Hall–Kier alpha value is -1.44. The number of halogens is 1. The van der Waals surface area contributed by atoms with Gasteiger partial charge >= 0.3 is 0 Å². The molecule has 2 rings (SSSR count). The number of sulfonamides is 1. The van der Waals surface area contributed by atoms with Crippen LogP contribution in [0.4, 0.5) is 5.82 Å². The number of pyridine rings is 1. The van der Waals surface area contributed by atoms with Crippen molar-refractivity contribution in [3.05, 3.63) is 52.6 Å². The third-order valence-electron chi connectivity index (χ3n) is 2.60. The van der Waals surface area contributed by atoms with E-state index in [4.69, 9.17) is 0 Å². The molecule has 20 heavy (non-hydrogen) atoms. The van der Waals surface area contributed by atoms with Crippen LogP contribution in [0.3, 0.4) is 0 Å². The lowest BCUT2D eigenvalue weighted by molar-refractivity contribution is 0.599. The highest BCUT2D eigenvalue weighted by Crippen LogP contribution is 2.19. The summed E-state index contributed by atoms with van der Waals surface area (Å²) in [6.45, 7) is 0.477. The second kappa shape index (κ2) is 6.34. The first-order chi connectivity index (χ1) is 9.53. The van der Waals surface area contributed by atoms with Crippen molar-refractivity contribution in [3.63, 3.8) is 0 Å².